The minimum absolute atomic E-state index is 0.0524. The van der Waals surface area contributed by atoms with Crippen molar-refractivity contribution in [1.29, 1.82) is 0 Å². The van der Waals surface area contributed by atoms with Crippen LogP contribution in [0.2, 0.25) is 0 Å². The summed E-state index contributed by atoms with van der Waals surface area (Å²) >= 11 is 1.66. The highest BCUT2D eigenvalue weighted by atomic mass is 32.1. The lowest BCUT2D eigenvalue weighted by Gasteiger charge is -2.40. The van der Waals surface area contributed by atoms with Gasteiger partial charge in [0.15, 0.2) is 0 Å². The van der Waals surface area contributed by atoms with Crippen LogP contribution in [0.1, 0.15) is 19.5 Å². The van der Waals surface area contributed by atoms with Gasteiger partial charge >= 0.3 is 0 Å². The van der Waals surface area contributed by atoms with Crippen molar-refractivity contribution in [3.8, 4) is 16.3 Å². The second-order valence-electron chi connectivity index (χ2n) is 5.95. The maximum absolute atomic E-state index is 5.24. The van der Waals surface area contributed by atoms with Gasteiger partial charge < -0.3 is 10.1 Å². The van der Waals surface area contributed by atoms with E-state index in [1.54, 1.807) is 24.6 Å². The number of thiazole rings is 1. The van der Waals surface area contributed by atoms with E-state index in [0.29, 0.717) is 0 Å². The molecule has 0 aromatic carbocycles. The normalized spacial score (nSPS) is 16.7. The zero-order valence-electron chi connectivity index (χ0n) is 13.3. The second-order valence-corrected chi connectivity index (χ2v) is 6.81. The summed E-state index contributed by atoms with van der Waals surface area (Å²) in [5, 5.41) is 6.55. The Bertz CT molecular complexity index is 635. The van der Waals surface area contributed by atoms with Gasteiger partial charge in [-0.05, 0) is 19.9 Å². The van der Waals surface area contributed by atoms with Gasteiger partial charge in [0.1, 0.15) is 10.8 Å². The number of nitrogens with zero attached hydrogens (tertiary/aromatic N) is 3. The minimum atomic E-state index is -0.0524. The van der Waals surface area contributed by atoms with E-state index in [1.807, 2.05) is 12.3 Å². The Balaban J connectivity index is 1.86. The topological polar surface area (TPSA) is 50.3 Å². The van der Waals surface area contributed by atoms with Gasteiger partial charge in [0.05, 0.1) is 24.5 Å². The van der Waals surface area contributed by atoms with Crippen LogP contribution in [0.15, 0.2) is 23.8 Å². The van der Waals surface area contributed by atoms with Crippen LogP contribution < -0.4 is 10.1 Å². The summed E-state index contributed by atoms with van der Waals surface area (Å²) in [6, 6.07) is 1.98. The van der Waals surface area contributed by atoms with Gasteiger partial charge in [-0.2, -0.15) is 0 Å². The molecular formula is C16H22N4OS. The molecule has 1 aliphatic heterocycles. The molecule has 0 atom stereocenters. The fourth-order valence-corrected chi connectivity index (χ4v) is 3.68. The van der Waals surface area contributed by atoms with Crippen LogP contribution in [0.4, 0.5) is 0 Å². The molecule has 0 aliphatic carbocycles. The third-order valence-electron chi connectivity index (χ3n) is 4.23. The van der Waals surface area contributed by atoms with E-state index in [4.69, 9.17) is 9.72 Å². The molecule has 0 unspecified atom stereocenters. The van der Waals surface area contributed by atoms with Crippen LogP contribution >= 0.6 is 11.3 Å². The maximum Gasteiger partial charge on any atom is 0.137 e. The van der Waals surface area contributed by atoms with Gasteiger partial charge in [0.2, 0.25) is 0 Å². The molecule has 118 valence electrons. The Morgan fingerprint density at radius 2 is 2.05 bits per heavy atom. The Labute approximate surface area is 135 Å². The monoisotopic (exact) mass is 318 g/mol. The van der Waals surface area contributed by atoms with Crippen molar-refractivity contribution in [2.45, 2.75) is 19.4 Å². The van der Waals surface area contributed by atoms with Gasteiger partial charge in [0.25, 0.3) is 0 Å². The lowest BCUT2D eigenvalue weighted by atomic mass is 9.98. The summed E-state index contributed by atoms with van der Waals surface area (Å²) in [4.78, 5) is 11.6. The van der Waals surface area contributed by atoms with Crippen LogP contribution in [-0.4, -0.2) is 48.2 Å². The number of hydrogen-bond acceptors (Lipinski definition) is 6. The summed E-state index contributed by atoms with van der Waals surface area (Å²) in [6.45, 7) is 8.70. The summed E-state index contributed by atoms with van der Waals surface area (Å²) in [7, 11) is 1.65. The molecule has 3 heterocycles. The van der Waals surface area contributed by atoms with E-state index < -0.39 is 0 Å². The number of hydrogen-bond donors (Lipinski definition) is 1. The number of pyridine rings is 1. The van der Waals surface area contributed by atoms with E-state index in [-0.39, 0.29) is 5.54 Å². The molecule has 0 saturated carbocycles. The van der Waals surface area contributed by atoms with Crippen LogP contribution in [-0.2, 0) is 5.54 Å². The third kappa shape index (κ3) is 2.99. The molecule has 2 aromatic heterocycles. The first-order valence-corrected chi connectivity index (χ1v) is 8.40. The molecule has 0 spiro atoms. The van der Waals surface area contributed by atoms with E-state index in [0.717, 1.165) is 48.2 Å². The molecule has 3 rings (SSSR count). The predicted octanol–water partition coefficient (Wildman–Crippen LogP) is 2.35. The molecular weight excluding hydrogens is 296 g/mol. The Hall–Kier alpha value is -1.50. The molecule has 1 saturated heterocycles. The van der Waals surface area contributed by atoms with Crippen LogP contribution in [0.3, 0.4) is 0 Å². The minimum Gasteiger partial charge on any atom is -0.495 e. The molecule has 0 radical (unpaired) electrons. The van der Waals surface area contributed by atoms with E-state index in [1.165, 1.54) is 0 Å². The fraction of sp³-hybridized carbons (Fsp3) is 0.500. The number of piperazine rings is 1. The molecule has 2 aromatic rings. The number of methoxy groups -OCH3 is 1. The highest BCUT2D eigenvalue weighted by molar-refractivity contribution is 7.13. The molecule has 6 heteroatoms. The zero-order chi connectivity index (χ0) is 15.6. The van der Waals surface area contributed by atoms with Crippen LogP contribution in [0.25, 0.3) is 10.6 Å². The molecule has 1 fully saturated rings. The van der Waals surface area contributed by atoms with Crippen molar-refractivity contribution in [2.24, 2.45) is 0 Å². The van der Waals surface area contributed by atoms with E-state index in [2.05, 4.69) is 34.4 Å². The predicted molar refractivity (Wildman–Crippen MR) is 89.4 cm³/mol. The second kappa shape index (κ2) is 6.32. The van der Waals surface area contributed by atoms with E-state index in [9.17, 15) is 0 Å². The summed E-state index contributed by atoms with van der Waals surface area (Å²) < 4.78 is 5.24. The quantitative estimate of drug-likeness (QED) is 0.938. The van der Waals surface area contributed by atoms with Crippen molar-refractivity contribution >= 4 is 11.3 Å². The Morgan fingerprint density at radius 1 is 1.27 bits per heavy atom. The first kappa shape index (κ1) is 15.4. The number of ether oxygens (including phenoxy) is 1. The number of nitrogens with one attached hydrogen (secondary N) is 1. The average molecular weight is 318 g/mol. The van der Waals surface area contributed by atoms with Gasteiger partial charge in [-0.3, -0.25) is 9.88 Å². The lowest BCUT2D eigenvalue weighted by molar-refractivity contribution is 0.0994. The largest absolute Gasteiger partial charge is 0.495 e. The van der Waals surface area contributed by atoms with Gasteiger partial charge in [0, 0.05) is 43.3 Å². The molecule has 0 bridgehead atoms. The summed E-state index contributed by atoms with van der Waals surface area (Å²) in [6.07, 6.45) is 3.55. The molecule has 5 nitrogen and oxygen atoms in total. The standard InChI is InChI=1S/C16H22N4OS/c1-16(2,20-6-4-17-5-7-20)14-11-22-15(19-14)12-8-13(21-3)10-18-9-12/h8-11,17H,4-7H2,1-3H3. The van der Waals surface area contributed by atoms with Crippen LogP contribution in [0, 0.1) is 0 Å². The fourth-order valence-electron chi connectivity index (χ4n) is 2.72. The summed E-state index contributed by atoms with van der Waals surface area (Å²) in [5.41, 5.74) is 2.08. The van der Waals surface area contributed by atoms with Crippen molar-refractivity contribution in [3.63, 3.8) is 0 Å². The molecule has 1 aliphatic rings. The summed E-state index contributed by atoms with van der Waals surface area (Å²) in [5.74, 6) is 0.760. The smallest absolute Gasteiger partial charge is 0.137 e. The Kier molecular flexibility index (Phi) is 4.42. The SMILES string of the molecule is COc1cncc(-c2nc(C(C)(C)N3CCNCC3)cs2)c1. The van der Waals surface area contributed by atoms with Gasteiger partial charge in [-0.1, -0.05) is 0 Å². The average Bonchev–Trinajstić information content (AvgIpc) is 3.06. The van der Waals surface area contributed by atoms with Gasteiger partial charge in [-0.15, -0.1) is 11.3 Å². The number of aromatic nitrogens is 2. The lowest BCUT2D eigenvalue weighted by Crippen LogP contribution is -2.51. The van der Waals surface area contributed by atoms with Crippen molar-refractivity contribution in [2.75, 3.05) is 33.3 Å². The third-order valence-corrected chi connectivity index (χ3v) is 5.13. The van der Waals surface area contributed by atoms with Crippen molar-refractivity contribution < 1.29 is 4.74 Å². The van der Waals surface area contributed by atoms with Crippen LogP contribution in [0.5, 0.6) is 5.75 Å². The van der Waals surface area contributed by atoms with Gasteiger partial charge in [-0.25, -0.2) is 4.98 Å². The first-order valence-electron chi connectivity index (χ1n) is 7.52. The molecule has 22 heavy (non-hydrogen) atoms. The van der Waals surface area contributed by atoms with Crippen molar-refractivity contribution in [3.05, 3.63) is 29.5 Å². The molecule has 0 amide bonds. The highest BCUT2D eigenvalue weighted by Gasteiger charge is 2.31. The van der Waals surface area contributed by atoms with E-state index >= 15 is 0 Å². The zero-order valence-corrected chi connectivity index (χ0v) is 14.1. The maximum atomic E-state index is 5.24. The molecule has 1 N–H and O–H groups in total. The first-order chi connectivity index (χ1) is 10.6. The highest BCUT2D eigenvalue weighted by Crippen LogP contribution is 2.33. The Morgan fingerprint density at radius 3 is 2.77 bits per heavy atom. The number of rotatable bonds is 4. The van der Waals surface area contributed by atoms with Crippen molar-refractivity contribution in [1.82, 2.24) is 20.2 Å².